The monoisotopic (exact) mass is 180 g/mol. The van der Waals surface area contributed by atoms with E-state index < -0.39 is 5.97 Å². The van der Waals surface area contributed by atoms with Gasteiger partial charge in [0.25, 0.3) is 0 Å². The standard InChI is InChI=1S/C9H12N2O2/c1-5-7(11-2)4-3-6(8(5)10)9(12)13/h3-4,11H,10H2,1-2H3,(H,12,13). The predicted molar refractivity (Wildman–Crippen MR) is 52.1 cm³/mol. The number of nitrogen functional groups attached to an aromatic ring is 1. The van der Waals surface area contributed by atoms with Crippen molar-refractivity contribution in [1.29, 1.82) is 0 Å². The van der Waals surface area contributed by atoms with Gasteiger partial charge < -0.3 is 16.2 Å². The van der Waals surface area contributed by atoms with Gasteiger partial charge in [-0.1, -0.05) is 0 Å². The summed E-state index contributed by atoms with van der Waals surface area (Å²) in [7, 11) is 1.77. The zero-order chi connectivity index (χ0) is 10.0. The van der Waals surface area contributed by atoms with Crippen LogP contribution in [-0.4, -0.2) is 18.1 Å². The molecule has 0 amide bonds. The molecule has 0 radical (unpaired) electrons. The number of carbonyl (C=O) groups is 1. The average Bonchev–Trinajstić information content (AvgIpc) is 2.09. The summed E-state index contributed by atoms with van der Waals surface area (Å²) in [5, 5.41) is 11.7. The van der Waals surface area contributed by atoms with Crippen LogP contribution in [0.2, 0.25) is 0 Å². The Kier molecular flexibility index (Phi) is 2.41. The number of rotatable bonds is 2. The molecule has 1 rings (SSSR count). The first-order valence-electron chi connectivity index (χ1n) is 3.88. The predicted octanol–water partition coefficient (Wildman–Crippen LogP) is 1.32. The zero-order valence-electron chi connectivity index (χ0n) is 7.59. The first kappa shape index (κ1) is 9.38. The smallest absolute Gasteiger partial charge is 0.337 e. The number of nitrogens with one attached hydrogen (secondary N) is 1. The summed E-state index contributed by atoms with van der Waals surface area (Å²) in [4.78, 5) is 10.7. The van der Waals surface area contributed by atoms with Crippen LogP contribution in [0.25, 0.3) is 0 Å². The summed E-state index contributed by atoms with van der Waals surface area (Å²) < 4.78 is 0. The molecular formula is C9H12N2O2. The molecule has 0 saturated carbocycles. The molecule has 1 aromatic carbocycles. The molecular weight excluding hydrogens is 168 g/mol. The van der Waals surface area contributed by atoms with E-state index in [-0.39, 0.29) is 5.56 Å². The van der Waals surface area contributed by atoms with E-state index in [4.69, 9.17) is 10.8 Å². The van der Waals surface area contributed by atoms with E-state index in [9.17, 15) is 4.79 Å². The third-order valence-electron chi connectivity index (χ3n) is 2.01. The van der Waals surface area contributed by atoms with Crippen molar-refractivity contribution in [3.63, 3.8) is 0 Å². The van der Waals surface area contributed by atoms with Crippen LogP contribution in [0.4, 0.5) is 11.4 Å². The van der Waals surface area contributed by atoms with E-state index in [2.05, 4.69) is 5.32 Å². The Hall–Kier alpha value is -1.71. The van der Waals surface area contributed by atoms with Crippen molar-refractivity contribution in [3.05, 3.63) is 23.3 Å². The van der Waals surface area contributed by atoms with Gasteiger partial charge >= 0.3 is 5.97 Å². The lowest BCUT2D eigenvalue weighted by atomic mass is 10.1. The molecule has 70 valence electrons. The van der Waals surface area contributed by atoms with Gasteiger partial charge in [0, 0.05) is 12.7 Å². The molecule has 4 N–H and O–H groups in total. The van der Waals surface area contributed by atoms with Crippen LogP contribution >= 0.6 is 0 Å². The van der Waals surface area contributed by atoms with Crippen molar-refractivity contribution in [3.8, 4) is 0 Å². The molecule has 4 nitrogen and oxygen atoms in total. The minimum absolute atomic E-state index is 0.150. The Morgan fingerprint density at radius 1 is 1.54 bits per heavy atom. The van der Waals surface area contributed by atoms with Crippen molar-refractivity contribution in [2.75, 3.05) is 18.1 Å². The lowest BCUT2D eigenvalue weighted by molar-refractivity contribution is 0.0698. The Morgan fingerprint density at radius 2 is 2.15 bits per heavy atom. The Labute approximate surface area is 76.4 Å². The molecule has 0 aliphatic heterocycles. The van der Waals surface area contributed by atoms with Gasteiger partial charge in [-0.2, -0.15) is 0 Å². The molecule has 13 heavy (non-hydrogen) atoms. The highest BCUT2D eigenvalue weighted by molar-refractivity contribution is 5.95. The van der Waals surface area contributed by atoms with Crippen LogP contribution in [0.3, 0.4) is 0 Å². The van der Waals surface area contributed by atoms with Crippen LogP contribution in [-0.2, 0) is 0 Å². The number of carboxylic acids is 1. The highest BCUT2D eigenvalue weighted by atomic mass is 16.4. The van der Waals surface area contributed by atoms with Gasteiger partial charge in [0.05, 0.1) is 11.3 Å². The lowest BCUT2D eigenvalue weighted by Gasteiger charge is -2.09. The van der Waals surface area contributed by atoms with Gasteiger partial charge in [0.2, 0.25) is 0 Å². The lowest BCUT2D eigenvalue weighted by Crippen LogP contribution is -2.05. The van der Waals surface area contributed by atoms with Crippen LogP contribution in [0.5, 0.6) is 0 Å². The maximum absolute atomic E-state index is 10.7. The molecule has 0 aliphatic carbocycles. The molecule has 0 fully saturated rings. The molecule has 0 atom stereocenters. The average molecular weight is 180 g/mol. The number of carboxylic acid groups (broad SMARTS) is 1. The number of nitrogens with two attached hydrogens (primary N) is 1. The van der Waals surface area contributed by atoms with E-state index in [1.54, 1.807) is 20.0 Å². The molecule has 0 aromatic heterocycles. The second-order valence-electron chi connectivity index (χ2n) is 2.75. The molecule has 4 heteroatoms. The summed E-state index contributed by atoms with van der Waals surface area (Å²) in [6.07, 6.45) is 0. The van der Waals surface area contributed by atoms with Crippen molar-refractivity contribution >= 4 is 17.3 Å². The molecule has 1 aromatic rings. The Balaban J connectivity index is 3.31. The van der Waals surface area contributed by atoms with Crippen molar-refractivity contribution in [2.45, 2.75) is 6.92 Å². The molecule has 0 unspecified atom stereocenters. The molecule has 0 heterocycles. The third kappa shape index (κ3) is 1.56. The largest absolute Gasteiger partial charge is 0.478 e. The van der Waals surface area contributed by atoms with Gasteiger partial charge in [-0.15, -0.1) is 0 Å². The summed E-state index contributed by atoms with van der Waals surface area (Å²) in [6, 6.07) is 3.20. The van der Waals surface area contributed by atoms with E-state index in [1.165, 1.54) is 6.07 Å². The fraction of sp³-hybridized carbons (Fsp3) is 0.222. The van der Waals surface area contributed by atoms with Crippen molar-refractivity contribution in [1.82, 2.24) is 0 Å². The highest BCUT2D eigenvalue weighted by Gasteiger charge is 2.11. The Bertz CT molecular complexity index is 348. The summed E-state index contributed by atoms with van der Waals surface area (Å²) in [5.74, 6) is -0.997. The topological polar surface area (TPSA) is 75.3 Å². The summed E-state index contributed by atoms with van der Waals surface area (Å²) in [5.41, 5.74) is 7.72. The minimum Gasteiger partial charge on any atom is -0.478 e. The second kappa shape index (κ2) is 3.35. The number of hydrogen-bond donors (Lipinski definition) is 3. The SMILES string of the molecule is CNc1ccc(C(=O)O)c(N)c1C. The third-order valence-corrected chi connectivity index (χ3v) is 2.01. The van der Waals surface area contributed by atoms with Crippen LogP contribution < -0.4 is 11.1 Å². The van der Waals surface area contributed by atoms with Gasteiger partial charge in [-0.25, -0.2) is 4.79 Å². The maximum Gasteiger partial charge on any atom is 0.337 e. The molecule has 0 spiro atoms. The Morgan fingerprint density at radius 3 is 2.62 bits per heavy atom. The van der Waals surface area contributed by atoms with E-state index in [0.29, 0.717) is 5.69 Å². The van der Waals surface area contributed by atoms with Gasteiger partial charge in [-0.3, -0.25) is 0 Å². The fourth-order valence-electron chi connectivity index (χ4n) is 1.19. The normalized spacial score (nSPS) is 9.69. The quantitative estimate of drug-likeness (QED) is 0.600. The van der Waals surface area contributed by atoms with E-state index in [1.807, 2.05) is 0 Å². The first-order chi connectivity index (χ1) is 6.07. The summed E-state index contributed by atoms with van der Waals surface area (Å²) in [6.45, 7) is 1.79. The van der Waals surface area contributed by atoms with Crippen LogP contribution in [0, 0.1) is 6.92 Å². The number of aromatic carboxylic acids is 1. The second-order valence-corrected chi connectivity index (χ2v) is 2.75. The van der Waals surface area contributed by atoms with Crippen molar-refractivity contribution in [2.24, 2.45) is 0 Å². The van der Waals surface area contributed by atoms with Gasteiger partial charge in [0.1, 0.15) is 0 Å². The number of benzene rings is 1. The number of anilines is 2. The number of hydrogen-bond acceptors (Lipinski definition) is 3. The van der Waals surface area contributed by atoms with E-state index in [0.717, 1.165) is 11.3 Å². The van der Waals surface area contributed by atoms with Crippen molar-refractivity contribution < 1.29 is 9.90 Å². The first-order valence-corrected chi connectivity index (χ1v) is 3.88. The van der Waals surface area contributed by atoms with E-state index >= 15 is 0 Å². The molecule has 0 aliphatic rings. The van der Waals surface area contributed by atoms with Gasteiger partial charge in [-0.05, 0) is 24.6 Å². The minimum atomic E-state index is -0.997. The zero-order valence-corrected chi connectivity index (χ0v) is 7.59. The highest BCUT2D eigenvalue weighted by Crippen LogP contribution is 2.24. The van der Waals surface area contributed by atoms with Crippen LogP contribution in [0.15, 0.2) is 12.1 Å². The summed E-state index contributed by atoms with van der Waals surface area (Å²) >= 11 is 0. The molecule has 0 saturated heterocycles. The fourth-order valence-corrected chi connectivity index (χ4v) is 1.19. The van der Waals surface area contributed by atoms with Gasteiger partial charge in [0.15, 0.2) is 0 Å². The maximum atomic E-state index is 10.7. The molecule has 0 bridgehead atoms. The van der Waals surface area contributed by atoms with Crippen LogP contribution in [0.1, 0.15) is 15.9 Å².